The molecule has 5 nitrogen and oxygen atoms in total. The van der Waals surface area contributed by atoms with E-state index in [1.165, 1.54) is 12.1 Å². The zero-order valence-corrected chi connectivity index (χ0v) is 19.0. The lowest BCUT2D eigenvalue weighted by atomic mass is 10.1. The van der Waals surface area contributed by atoms with Crippen molar-refractivity contribution in [3.63, 3.8) is 0 Å². The van der Waals surface area contributed by atoms with Crippen molar-refractivity contribution in [1.82, 2.24) is 20.3 Å². The highest BCUT2D eigenvalue weighted by Gasteiger charge is 2.15. The topological polar surface area (TPSA) is 70.7 Å². The molecule has 3 aromatic carbocycles. The van der Waals surface area contributed by atoms with Crippen LogP contribution in [0.4, 0.5) is 4.39 Å². The number of hydrogen-bond donors (Lipinski definition) is 2. The second-order valence-electron chi connectivity index (χ2n) is 8.04. The predicted molar refractivity (Wildman–Crippen MR) is 132 cm³/mol. The SMILES string of the molecule is CC(NC(=O)c1cc(Cl)cc(-c2cnc(-c3cc4ccccc4cn3)[nH]2)c1)c1ccc(F)cc1. The van der Waals surface area contributed by atoms with Crippen LogP contribution in [-0.2, 0) is 0 Å². The summed E-state index contributed by atoms with van der Waals surface area (Å²) in [6.45, 7) is 1.84. The van der Waals surface area contributed by atoms with Crippen LogP contribution in [0.2, 0.25) is 5.02 Å². The van der Waals surface area contributed by atoms with Gasteiger partial charge in [0.2, 0.25) is 0 Å². The molecule has 1 amide bonds. The molecule has 0 aliphatic carbocycles. The zero-order valence-electron chi connectivity index (χ0n) is 18.2. The molecule has 5 aromatic rings. The van der Waals surface area contributed by atoms with Crippen LogP contribution in [0, 0.1) is 5.82 Å². The van der Waals surface area contributed by atoms with E-state index in [4.69, 9.17) is 11.6 Å². The van der Waals surface area contributed by atoms with Crippen molar-refractivity contribution in [2.24, 2.45) is 0 Å². The first kappa shape index (κ1) is 21.8. The number of amides is 1. The number of nitrogens with zero attached hydrogens (tertiary/aromatic N) is 2. The zero-order chi connectivity index (χ0) is 23.7. The van der Waals surface area contributed by atoms with Gasteiger partial charge in [0.1, 0.15) is 11.5 Å². The summed E-state index contributed by atoms with van der Waals surface area (Å²) in [5.41, 5.74) is 3.38. The number of aromatic nitrogens is 3. The van der Waals surface area contributed by atoms with Gasteiger partial charge < -0.3 is 10.3 Å². The van der Waals surface area contributed by atoms with Crippen LogP contribution in [0.15, 0.2) is 85.2 Å². The summed E-state index contributed by atoms with van der Waals surface area (Å²) in [4.78, 5) is 25.2. The highest BCUT2D eigenvalue weighted by Crippen LogP contribution is 2.27. The van der Waals surface area contributed by atoms with Gasteiger partial charge in [-0.05, 0) is 54.3 Å². The molecule has 2 heterocycles. The van der Waals surface area contributed by atoms with Crippen molar-refractivity contribution in [2.75, 3.05) is 0 Å². The van der Waals surface area contributed by atoms with E-state index in [-0.39, 0.29) is 17.8 Å². The van der Waals surface area contributed by atoms with Crippen LogP contribution >= 0.6 is 11.6 Å². The number of fused-ring (bicyclic) bond motifs is 1. The Morgan fingerprint density at radius 1 is 0.971 bits per heavy atom. The standard InChI is InChI=1S/C27H20ClFN4O/c1-16(17-6-8-23(29)9-7-17)32-27(34)21-10-20(11-22(28)12-21)25-15-31-26(33-25)24-13-18-4-2-3-5-19(18)14-30-24/h2-16H,1H3,(H,31,33)(H,32,34). The van der Waals surface area contributed by atoms with E-state index < -0.39 is 0 Å². The van der Waals surface area contributed by atoms with E-state index in [9.17, 15) is 9.18 Å². The summed E-state index contributed by atoms with van der Waals surface area (Å²) in [6.07, 6.45) is 3.51. The van der Waals surface area contributed by atoms with E-state index in [2.05, 4.69) is 20.3 Å². The minimum absolute atomic E-state index is 0.281. The van der Waals surface area contributed by atoms with Gasteiger partial charge in [-0.1, -0.05) is 48.0 Å². The van der Waals surface area contributed by atoms with Crippen molar-refractivity contribution >= 4 is 28.3 Å². The summed E-state index contributed by atoms with van der Waals surface area (Å²) in [6, 6.07) is 20.8. The van der Waals surface area contributed by atoms with E-state index in [1.807, 2.05) is 43.5 Å². The van der Waals surface area contributed by atoms with Crippen molar-refractivity contribution in [3.05, 3.63) is 107 Å². The fourth-order valence-electron chi connectivity index (χ4n) is 3.80. The fourth-order valence-corrected chi connectivity index (χ4v) is 4.04. The van der Waals surface area contributed by atoms with Gasteiger partial charge in [0.05, 0.1) is 17.9 Å². The molecule has 34 heavy (non-hydrogen) atoms. The molecule has 0 saturated heterocycles. The smallest absolute Gasteiger partial charge is 0.251 e. The van der Waals surface area contributed by atoms with Crippen LogP contribution in [0.5, 0.6) is 0 Å². The highest BCUT2D eigenvalue weighted by molar-refractivity contribution is 6.31. The Balaban J connectivity index is 1.39. The summed E-state index contributed by atoms with van der Waals surface area (Å²) in [5, 5.41) is 5.48. The first-order valence-electron chi connectivity index (χ1n) is 10.7. The lowest BCUT2D eigenvalue weighted by Gasteiger charge is -2.15. The molecule has 2 N–H and O–H groups in total. The Kier molecular flexibility index (Phi) is 5.82. The average Bonchev–Trinajstić information content (AvgIpc) is 3.34. The summed E-state index contributed by atoms with van der Waals surface area (Å²) < 4.78 is 13.2. The molecular weight excluding hydrogens is 451 g/mol. The second kappa shape index (κ2) is 9.08. The number of nitrogens with one attached hydrogen (secondary N) is 2. The van der Waals surface area contributed by atoms with Gasteiger partial charge in [-0.25, -0.2) is 9.37 Å². The molecule has 5 rings (SSSR count). The van der Waals surface area contributed by atoms with Crippen molar-refractivity contribution in [1.29, 1.82) is 0 Å². The largest absolute Gasteiger partial charge is 0.346 e. The third kappa shape index (κ3) is 4.54. The van der Waals surface area contributed by atoms with Crippen LogP contribution in [0.1, 0.15) is 28.9 Å². The molecule has 0 saturated carbocycles. The first-order chi connectivity index (χ1) is 16.5. The van der Waals surface area contributed by atoms with Crippen LogP contribution < -0.4 is 5.32 Å². The van der Waals surface area contributed by atoms with Crippen molar-refractivity contribution in [3.8, 4) is 22.8 Å². The molecule has 1 atom stereocenters. The Bertz CT molecular complexity index is 1500. The number of carbonyl (C=O) groups excluding carboxylic acids is 1. The molecule has 0 bridgehead atoms. The predicted octanol–water partition coefficient (Wildman–Crippen LogP) is 6.58. The minimum Gasteiger partial charge on any atom is -0.346 e. The van der Waals surface area contributed by atoms with E-state index in [1.54, 1.807) is 36.5 Å². The van der Waals surface area contributed by atoms with Gasteiger partial charge in [0, 0.05) is 27.7 Å². The third-order valence-corrected chi connectivity index (χ3v) is 5.86. The Morgan fingerprint density at radius 3 is 2.53 bits per heavy atom. The maximum absolute atomic E-state index is 13.2. The number of H-pyrrole nitrogens is 1. The van der Waals surface area contributed by atoms with Gasteiger partial charge in [0.15, 0.2) is 5.82 Å². The first-order valence-corrected chi connectivity index (χ1v) is 11.1. The van der Waals surface area contributed by atoms with Gasteiger partial charge in [-0.15, -0.1) is 0 Å². The molecular formula is C27H20ClFN4O. The third-order valence-electron chi connectivity index (χ3n) is 5.64. The number of imidazole rings is 1. The lowest BCUT2D eigenvalue weighted by Crippen LogP contribution is -2.26. The Labute approximate surface area is 200 Å². The number of aromatic amines is 1. The highest BCUT2D eigenvalue weighted by atomic mass is 35.5. The van der Waals surface area contributed by atoms with Gasteiger partial charge >= 0.3 is 0 Å². The molecule has 1 unspecified atom stereocenters. The van der Waals surface area contributed by atoms with Gasteiger partial charge in [0.25, 0.3) is 5.91 Å². The quantitative estimate of drug-likeness (QED) is 0.305. The Hall–Kier alpha value is -4.03. The Morgan fingerprint density at radius 2 is 1.74 bits per heavy atom. The molecule has 0 spiro atoms. The summed E-state index contributed by atoms with van der Waals surface area (Å²) >= 11 is 6.34. The van der Waals surface area contributed by atoms with Crippen LogP contribution in [0.3, 0.4) is 0 Å². The summed E-state index contributed by atoms with van der Waals surface area (Å²) in [5.74, 6) is 0.0211. The van der Waals surface area contributed by atoms with Gasteiger partial charge in [-0.2, -0.15) is 0 Å². The monoisotopic (exact) mass is 470 g/mol. The van der Waals surface area contributed by atoms with E-state index in [0.29, 0.717) is 22.1 Å². The maximum atomic E-state index is 13.2. The molecule has 2 aromatic heterocycles. The summed E-state index contributed by atoms with van der Waals surface area (Å²) in [7, 11) is 0. The van der Waals surface area contributed by atoms with Crippen molar-refractivity contribution in [2.45, 2.75) is 13.0 Å². The van der Waals surface area contributed by atoms with Crippen LogP contribution in [-0.4, -0.2) is 20.9 Å². The molecule has 0 aliphatic rings. The number of pyridine rings is 1. The fraction of sp³-hybridized carbons (Fsp3) is 0.0741. The number of benzene rings is 3. The van der Waals surface area contributed by atoms with Crippen LogP contribution in [0.25, 0.3) is 33.5 Å². The number of hydrogen-bond acceptors (Lipinski definition) is 3. The molecule has 168 valence electrons. The second-order valence-corrected chi connectivity index (χ2v) is 8.47. The van der Waals surface area contributed by atoms with Gasteiger partial charge in [-0.3, -0.25) is 9.78 Å². The number of rotatable bonds is 5. The van der Waals surface area contributed by atoms with E-state index in [0.717, 1.165) is 27.6 Å². The lowest BCUT2D eigenvalue weighted by molar-refractivity contribution is 0.0940. The van der Waals surface area contributed by atoms with Crippen molar-refractivity contribution < 1.29 is 9.18 Å². The molecule has 0 fully saturated rings. The number of halogens is 2. The minimum atomic E-state index is -0.320. The molecule has 0 aliphatic heterocycles. The average molecular weight is 471 g/mol. The number of carbonyl (C=O) groups is 1. The molecule has 0 radical (unpaired) electrons. The molecule has 7 heteroatoms. The maximum Gasteiger partial charge on any atom is 0.251 e. The normalized spacial score (nSPS) is 12.0. The van der Waals surface area contributed by atoms with E-state index >= 15 is 0 Å².